The minimum atomic E-state index is -0.387. The Morgan fingerprint density at radius 3 is 1.52 bits per heavy atom. The average molecular weight is 435 g/mol. The summed E-state index contributed by atoms with van der Waals surface area (Å²) < 4.78 is 10.9. The molecule has 0 spiro atoms. The average Bonchev–Trinajstić information content (AvgIpc) is 2.74. The summed E-state index contributed by atoms with van der Waals surface area (Å²) in [5, 5.41) is -0.589. The van der Waals surface area contributed by atoms with Gasteiger partial charge in [0.25, 0.3) is 0 Å². The summed E-state index contributed by atoms with van der Waals surface area (Å²) >= 11 is 1.53. The number of hydrogen-bond donors (Lipinski definition) is 0. The molecule has 0 saturated carbocycles. The standard InChI is InChI=1S/C26H26O4S/c1-5-7-17-25(21-13-9-11-15-23(21)29-19(3)27)31-26(18-8-6-2)22-14-10-12-16-24(22)30-20(4)28/h9-16,25-26H,5-6H2,1-4H3. The van der Waals surface area contributed by atoms with Gasteiger partial charge in [-0.25, -0.2) is 0 Å². The number of esters is 2. The summed E-state index contributed by atoms with van der Waals surface area (Å²) in [7, 11) is 0. The van der Waals surface area contributed by atoms with Crippen LogP contribution in [0.2, 0.25) is 0 Å². The Balaban J connectivity index is 2.52. The van der Waals surface area contributed by atoms with Crippen LogP contribution in [-0.2, 0) is 9.59 Å². The first kappa shape index (κ1) is 24.1. The second kappa shape index (κ2) is 12.5. The maximum absolute atomic E-state index is 11.6. The molecule has 31 heavy (non-hydrogen) atoms. The molecule has 2 atom stereocenters. The van der Waals surface area contributed by atoms with E-state index in [1.807, 2.05) is 50.2 Å². The highest BCUT2D eigenvalue weighted by Gasteiger charge is 2.23. The summed E-state index contributed by atoms with van der Waals surface area (Å²) in [6, 6.07) is 14.8. The predicted molar refractivity (Wildman–Crippen MR) is 125 cm³/mol. The molecule has 0 aliphatic rings. The fraction of sp³-hybridized carbons (Fsp3) is 0.308. The van der Waals surface area contributed by atoms with Crippen molar-refractivity contribution in [3.63, 3.8) is 0 Å². The van der Waals surface area contributed by atoms with Gasteiger partial charge in [0.2, 0.25) is 0 Å². The maximum atomic E-state index is 11.6. The molecular weight excluding hydrogens is 408 g/mol. The lowest BCUT2D eigenvalue weighted by molar-refractivity contribution is -0.132. The summed E-state index contributed by atoms with van der Waals surface area (Å²) in [6.07, 6.45) is 1.39. The molecular formula is C26H26O4S. The molecule has 0 radical (unpaired) electrons. The molecule has 2 aromatic carbocycles. The van der Waals surface area contributed by atoms with E-state index in [0.29, 0.717) is 24.3 Å². The Bertz CT molecular complexity index is 953. The second-order valence-electron chi connectivity index (χ2n) is 6.51. The Hall–Kier alpha value is -3.15. The summed E-state index contributed by atoms with van der Waals surface area (Å²) in [5.74, 6) is 13.0. The van der Waals surface area contributed by atoms with Gasteiger partial charge >= 0.3 is 11.9 Å². The van der Waals surface area contributed by atoms with Crippen LogP contribution in [0.4, 0.5) is 0 Å². The number of carbonyl (C=O) groups excluding carboxylic acids is 2. The van der Waals surface area contributed by atoms with E-state index in [9.17, 15) is 9.59 Å². The number of rotatable bonds is 6. The van der Waals surface area contributed by atoms with Gasteiger partial charge in [0.05, 0.1) is 10.5 Å². The zero-order valence-corrected chi connectivity index (χ0v) is 19.0. The van der Waals surface area contributed by atoms with E-state index in [2.05, 4.69) is 23.7 Å². The first-order chi connectivity index (χ1) is 15.0. The molecule has 0 fully saturated rings. The van der Waals surface area contributed by atoms with Crippen molar-refractivity contribution in [1.82, 2.24) is 0 Å². The van der Waals surface area contributed by atoms with Gasteiger partial charge in [-0.3, -0.25) is 9.59 Å². The number of carbonyl (C=O) groups is 2. The fourth-order valence-corrected chi connectivity index (χ4v) is 4.04. The van der Waals surface area contributed by atoms with Crippen molar-refractivity contribution in [2.75, 3.05) is 0 Å². The van der Waals surface area contributed by atoms with Gasteiger partial charge in [-0.1, -0.05) is 62.1 Å². The summed E-state index contributed by atoms with van der Waals surface area (Å²) in [6.45, 7) is 6.72. The third-order valence-corrected chi connectivity index (χ3v) is 5.29. The number of para-hydroxylation sites is 2. The van der Waals surface area contributed by atoms with Crippen molar-refractivity contribution in [1.29, 1.82) is 0 Å². The van der Waals surface area contributed by atoms with Gasteiger partial charge in [0.15, 0.2) is 0 Å². The van der Waals surface area contributed by atoms with Gasteiger partial charge in [-0.2, -0.15) is 0 Å². The summed E-state index contributed by atoms with van der Waals surface area (Å²) in [4.78, 5) is 23.2. The molecule has 4 nitrogen and oxygen atoms in total. The quantitative estimate of drug-likeness (QED) is 0.323. The zero-order chi connectivity index (χ0) is 22.6. The van der Waals surface area contributed by atoms with E-state index < -0.39 is 0 Å². The molecule has 5 heteroatoms. The minimum absolute atomic E-state index is 0.294. The lowest BCUT2D eigenvalue weighted by Crippen LogP contribution is -2.08. The summed E-state index contributed by atoms with van der Waals surface area (Å²) in [5.41, 5.74) is 1.61. The lowest BCUT2D eigenvalue weighted by atomic mass is 10.1. The van der Waals surface area contributed by atoms with Crippen molar-refractivity contribution in [2.24, 2.45) is 0 Å². The van der Waals surface area contributed by atoms with Crippen LogP contribution in [0.25, 0.3) is 0 Å². The number of ether oxygens (including phenoxy) is 2. The first-order valence-electron chi connectivity index (χ1n) is 10.1. The molecule has 0 aromatic heterocycles. The highest BCUT2D eigenvalue weighted by Crippen LogP contribution is 2.45. The van der Waals surface area contributed by atoms with Crippen LogP contribution in [-0.4, -0.2) is 11.9 Å². The molecule has 2 rings (SSSR count). The Labute approximate surface area is 188 Å². The van der Waals surface area contributed by atoms with Crippen molar-refractivity contribution in [2.45, 2.75) is 51.0 Å². The highest BCUT2D eigenvalue weighted by molar-refractivity contribution is 8.00. The maximum Gasteiger partial charge on any atom is 0.308 e. The molecule has 2 aromatic rings. The molecule has 160 valence electrons. The molecule has 0 N–H and O–H groups in total. The van der Waals surface area contributed by atoms with E-state index in [0.717, 1.165) is 11.1 Å². The zero-order valence-electron chi connectivity index (χ0n) is 18.2. The van der Waals surface area contributed by atoms with Gasteiger partial charge in [0.1, 0.15) is 11.5 Å². The van der Waals surface area contributed by atoms with Crippen LogP contribution >= 0.6 is 11.8 Å². The van der Waals surface area contributed by atoms with E-state index in [1.54, 1.807) is 12.1 Å². The van der Waals surface area contributed by atoms with E-state index >= 15 is 0 Å². The first-order valence-corrected chi connectivity index (χ1v) is 11.1. The van der Waals surface area contributed by atoms with E-state index in [-0.39, 0.29) is 22.4 Å². The van der Waals surface area contributed by atoms with Crippen molar-refractivity contribution < 1.29 is 19.1 Å². The number of thioether (sulfide) groups is 1. The highest BCUT2D eigenvalue weighted by atomic mass is 32.2. The van der Waals surface area contributed by atoms with Gasteiger partial charge in [0, 0.05) is 37.8 Å². The second-order valence-corrected chi connectivity index (χ2v) is 7.72. The van der Waals surface area contributed by atoms with Crippen LogP contribution in [0.15, 0.2) is 48.5 Å². The van der Waals surface area contributed by atoms with Gasteiger partial charge in [-0.05, 0) is 12.1 Å². The normalized spacial score (nSPS) is 11.7. The smallest absolute Gasteiger partial charge is 0.308 e. The Morgan fingerprint density at radius 2 is 1.16 bits per heavy atom. The van der Waals surface area contributed by atoms with E-state index in [4.69, 9.17) is 9.47 Å². The van der Waals surface area contributed by atoms with Crippen LogP contribution in [0.5, 0.6) is 11.5 Å². The number of hydrogen-bond acceptors (Lipinski definition) is 5. The topological polar surface area (TPSA) is 52.6 Å². The van der Waals surface area contributed by atoms with Crippen LogP contribution < -0.4 is 9.47 Å². The van der Waals surface area contributed by atoms with Crippen molar-refractivity contribution in [3.8, 4) is 35.2 Å². The van der Waals surface area contributed by atoms with E-state index in [1.165, 1.54) is 25.6 Å². The Morgan fingerprint density at radius 1 is 0.774 bits per heavy atom. The van der Waals surface area contributed by atoms with Gasteiger partial charge in [-0.15, -0.1) is 23.6 Å². The molecule has 0 heterocycles. The predicted octanol–water partition coefficient (Wildman–Crippen LogP) is 5.88. The SMILES string of the molecule is CCC#CC(SC(C#CCC)c1ccccc1OC(C)=O)c1ccccc1OC(C)=O. The van der Waals surface area contributed by atoms with Crippen molar-refractivity contribution in [3.05, 3.63) is 59.7 Å². The van der Waals surface area contributed by atoms with Crippen LogP contribution in [0.3, 0.4) is 0 Å². The third kappa shape index (κ3) is 7.55. The molecule has 0 amide bonds. The molecule has 2 unspecified atom stereocenters. The fourth-order valence-electron chi connectivity index (χ4n) is 2.79. The molecule has 0 bridgehead atoms. The molecule has 0 aliphatic carbocycles. The Kier molecular flexibility index (Phi) is 9.75. The number of benzene rings is 2. The third-order valence-electron chi connectivity index (χ3n) is 4.00. The largest absolute Gasteiger partial charge is 0.426 e. The van der Waals surface area contributed by atoms with Crippen LogP contribution in [0.1, 0.15) is 62.2 Å². The monoisotopic (exact) mass is 434 g/mol. The van der Waals surface area contributed by atoms with Gasteiger partial charge < -0.3 is 9.47 Å². The molecule has 0 aliphatic heterocycles. The molecule has 0 saturated heterocycles. The minimum Gasteiger partial charge on any atom is -0.426 e. The van der Waals surface area contributed by atoms with Crippen molar-refractivity contribution >= 4 is 23.7 Å². The van der Waals surface area contributed by atoms with Crippen LogP contribution in [0, 0.1) is 23.7 Å². The lowest BCUT2D eigenvalue weighted by Gasteiger charge is -2.20.